The molecule has 1 aromatic carbocycles. The number of fused-ring (bicyclic) bond motifs is 1. The Morgan fingerprint density at radius 2 is 1.94 bits per heavy atom. The number of hydrogen-bond acceptors (Lipinski definition) is 5. The van der Waals surface area contributed by atoms with E-state index in [9.17, 15) is 9.59 Å². The van der Waals surface area contributed by atoms with Gasteiger partial charge in [0.1, 0.15) is 11.4 Å². The van der Waals surface area contributed by atoms with Gasteiger partial charge in [-0.3, -0.25) is 9.59 Å². The van der Waals surface area contributed by atoms with Crippen LogP contribution in [0.1, 0.15) is 54.6 Å². The van der Waals surface area contributed by atoms with Gasteiger partial charge in [0.15, 0.2) is 5.65 Å². The summed E-state index contributed by atoms with van der Waals surface area (Å²) in [6.45, 7) is 5.22. The van der Waals surface area contributed by atoms with Crippen LogP contribution in [0.5, 0.6) is 0 Å². The lowest BCUT2D eigenvalue weighted by molar-refractivity contribution is -0.127. The molecule has 2 aliphatic rings. The van der Waals surface area contributed by atoms with Gasteiger partial charge in [0.05, 0.1) is 11.9 Å². The highest BCUT2D eigenvalue weighted by Crippen LogP contribution is 2.31. The van der Waals surface area contributed by atoms with Gasteiger partial charge in [-0.15, -0.1) is 0 Å². The molecule has 1 atom stereocenters. The molecule has 0 radical (unpaired) electrons. The first-order chi connectivity index (χ1) is 16.0. The largest absolute Gasteiger partial charge is 0.356 e. The van der Waals surface area contributed by atoms with E-state index in [0.29, 0.717) is 41.4 Å². The van der Waals surface area contributed by atoms with Crippen LogP contribution in [0.15, 0.2) is 36.5 Å². The molecule has 2 saturated heterocycles. The third-order valence-electron chi connectivity index (χ3n) is 6.51. The molecule has 33 heavy (non-hydrogen) atoms. The number of nitrogens with zero attached hydrogens (tertiary/aromatic N) is 5. The first kappa shape index (κ1) is 21.7. The summed E-state index contributed by atoms with van der Waals surface area (Å²) < 4.78 is 1.76. The minimum atomic E-state index is -0.278. The summed E-state index contributed by atoms with van der Waals surface area (Å²) in [6, 6.07) is 9.04. The predicted molar refractivity (Wildman–Crippen MR) is 128 cm³/mol. The minimum Gasteiger partial charge on any atom is -0.356 e. The molecule has 0 bridgehead atoms. The lowest BCUT2D eigenvalue weighted by Gasteiger charge is -2.29. The standard InChI is InChI=1S/C24H27ClN6O2/c1-2-29-15-16(12-22(29)32)20-13-21(30-10-4-3-5-11-30)31-23(28-20)19(14-26-31)24(33)27-18-8-6-17(25)7-9-18/h6-9,13-14,16H,2-5,10-12,15H2,1H3,(H,27,33)/t16-/m1/s1. The number of carbonyl (C=O) groups is 2. The highest BCUT2D eigenvalue weighted by Gasteiger charge is 2.32. The quantitative estimate of drug-likeness (QED) is 0.615. The third-order valence-corrected chi connectivity index (χ3v) is 6.77. The summed E-state index contributed by atoms with van der Waals surface area (Å²) in [4.78, 5) is 34.6. The molecule has 0 spiro atoms. The fraction of sp³-hybridized carbons (Fsp3) is 0.417. The monoisotopic (exact) mass is 466 g/mol. The van der Waals surface area contributed by atoms with E-state index in [2.05, 4.69) is 21.4 Å². The predicted octanol–water partition coefficient (Wildman–Crippen LogP) is 3.96. The smallest absolute Gasteiger partial charge is 0.261 e. The van der Waals surface area contributed by atoms with Crippen LogP contribution in [0.4, 0.5) is 11.5 Å². The lowest BCUT2D eigenvalue weighted by atomic mass is 10.0. The topological polar surface area (TPSA) is 82.8 Å². The number of nitrogens with one attached hydrogen (secondary N) is 1. The van der Waals surface area contributed by atoms with E-state index in [4.69, 9.17) is 16.6 Å². The highest BCUT2D eigenvalue weighted by atomic mass is 35.5. The maximum Gasteiger partial charge on any atom is 0.261 e. The van der Waals surface area contributed by atoms with Gasteiger partial charge < -0.3 is 15.1 Å². The molecule has 2 amide bonds. The number of benzene rings is 1. The van der Waals surface area contributed by atoms with Crippen LogP contribution >= 0.6 is 11.6 Å². The van der Waals surface area contributed by atoms with Gasteiger partial charge in [0, 0.05) is 55.3 Å². The highest BCUT2D eigenvalue weighted by molar-refractivity contribution is 6.30. The molecule has 0 saturated carbocycles. The Balaban J connectivity index is 1.54. The molecule has 2 aromatic heterocycles. The Morgan fingerprint density at radius 1 is 1.18 bits per heavy atom. The summed E-state index contributed by atoms with van der Waals surface area (Å²) in [5.41, 5.74) is 2.41. The number of amides is 2. The zero-order valence-electron chi connectivity index (χ0n) is 18.6. The van der Waals surface area contributed by atoms with Crippen molar-refractivity contribution in [2.75, 3.05) is 36.4 Å². The number of halogens is 1. The van der Waals surface area contributed by atoms with Gasteiger partial charge in [-0.05, 0) is 50.5 Å². The number of rotatable bonds is 5. The summed E-state index contributed by atoms with van der Waals surface area (Å²) in [6.07, 6.45) is 5.47. The fourth-order valence-corrected chi connectivity index (χ4v) is 4.82. The van der Waals surface area contributed by atoms with Crippen molar-refractivity contribution in [2.45, 2.75) is 38.5 Å². The van der Waals surface area contributed by atoms with E-state index in [1.807, 2.05) is 11.8 Å². The average Bonchev–Trinajstić information content (AvgIpc) is 3.43. The number of likely N-dealkylation sites (tertiary alicyclic amines) is 1. The van der Waals surface area contributed by atoms with Gasteiger partial charge in [0.25, 0.3) is 5.91 Å². The van der Waals surface area contributed by atoms with Crippen molar-refractivity contribution >= 4 is 40.6 Å². The molecule has 5 rings (SSSR count). The number of piperidine rings is 1. The van der Waals surface area contributed by atoms with Crippen molar-refractivity contribution in [2.24, 2.45) is 0 Å². The van der Waals surface area contributed by atoms with E-state index >= 15 is 0 Å². The van der Waals surface area contributed by atoms with E-state index in [1.54, 1.807) is 35.0 Å². The molecule has 9 heteroatoms. The van der Waals surface area contributed by atoms with Gasteiger partial charge in [0.2, 0.25) is 5.91 Å². The van der Waals surface area contributed by atoms with Crippen LogP contribution in [-0.4, -0.2) is 57.5 Å². The molecule has 2 fully saturated rings. The zero-order chi connectivity index (χ0) is 22.9. The van der Waals surface area contributed by atoms with Crippen molar-refractivity contribution in [3.63, 3.8) is 0 Å². The van der Waals surface area contributed by atoms with E-state index < -0.39 is 0 Å². The Hall–Kier alpha value is -3.13. The Kier molecular flexibility index (Phi) is 5.93. The molecule has 0 unspecified atom stereocenters. The second-order valence-electron chi connectivity index (χ2n) is 8.68. The molecule has 3 aromatic rings. The van der Waals surface area contributed by atoms with E-state index in [0.717, 1.165) is 37.4 Å². The fourth-order valence-electron chi connectivity index (χ4n) is 4.69. The van der Waals surface area contributed by atoms with Gasteiger partial charge in [-0.2, -0.15) is 9.61 Å². The van der Waals surface area contributed by atoms with Crippen molar-refractivity contribution in [3.05, 3.63) is 52.8 Å². The zero-order valence-corrected chi connectivity index (χ0v) is 19.4. The van der Waals surface area contributed by atoms with Crippen LogP contribution in [-0.2, 0) is 4.79 Å². The Labute approximate surface area is 197 Å². The summed E-state index contributed by atoms with van der Waals surface area (Å²) in [7, 11) is 0. The van der Waals surface area contributed by atoms with Crippen LogP contribution in [0.25, 0.3) is 5.65 Å². The number of carbonyl (C=O) groups excluding carboxylic acids is 2. The van der Waals surface area contributed by atoms with E-state index in [-0.39, 0.29) is 17.7 Å². The number of aromatic nitrogens is 3. The first-order valence-corrected chi connectivity index (χ1v) is 11.9. The van der Waals surface area contributed by atoms with Crippen molar-refractivity contribution in [1.29, 1.82) is 0 Å². The maximum atomic E-state index is 13.1. The second-order valence-corrected chi connectivity index (χ2v) is 9.11. The third kappa shape index (κ3) is 4.27. The Morgan fingerprint density at radius 3 is 2.64 bits per heavy atom. The number of anilines is 2. The Bertz CT molecular complexity index is 1190. The van der Waals surface area contributed by atoms with Gasteiger partial charge in [-0.25, -0.2) is 4.98 Å². The molecular weight excluding hydrogens is 440 g/mol. The van der Waals surface area contributed by atoms with Crippen LogP contribution in [0, 0.1) is 0 Å². The molecule has 0 aliphatic carbocycles. The molecular formula is C24H27ClN6O2. The summed E-state index contributed by atoms with van der Waals surface area (Å²) in [5, 5.41) is 8.05. The summed E-state index contributed by atoms with van der Waals surface area (Å²) in [5.74, 6) is 0.813. The lowest BCUT2D eigenvalue weighted by Crippen LogP contribution is -2.31. The second kappa shape index (κ2) is 9.02. The van der Waals surface area contributed by atoms with Gasteiger partial charge >= 0.3 is 0 Å². The van der Waals surface area contributed by atoms with Gasteiger partial charge in [-0.1, -0.05) is 11.6 Å². The van der Waals surface area contributed by atoms with Crippen LogP contribution in [0.2, 0.25) is 5.02 Å². The van der Waals surface area contributed by atoms with Crippen LogP contribution in [0.3, 0.4) is 0 Å². The van der Waals surface area contributed by atoms with Crippen LogP contribution < -0.4 is 10.2 Å². The first-order valence-electron chi connectivity index (χ1n) is 11.5. The van der Waals surface area contributed by atoms with Crippen molar-refractivity contribution in [1.82, 2.24) is 19.5 Å². The summed E-state index contributed by atoms with van der Waals surface area (Å²) >= 11 is 5.96. The average molecular weight is 467 g/mol. The number of likely N-dealkylation sites (N-methyl/N-ethyl adjacent to an activating group) is 1. The molecule has 8 nitrogen and oxygen atoms in total. The maximum absolute atomic E-state index is 13.1. The van der Waals surface area contributed by atoms with Crippen molar-refractivity contribution in [3.8, 4) is 0 Å². The number of hydrogen-bond donors (Lipinski definition) is 1. The minimum absolute atomic E-state index is 0.00747. The SMILES string of the molecule is CCN1C[C@H](c2cc(N3CCCCC3)n3ncc(C(=O)Nc4ccc(Cl)cc4)c3n2)CC1=O. The normalized spacial score (nSPS) is 18.8. The molecule has 172 valence electrons. The van der Waals surface area contributed by atoms with Crippen molar-refractivity contribution < 1.29 is 9.59 Å². The van der Waals surface area contributed by atoms with E-state index in [1.165, 1.54) is 6.42 Å². The molecule has 2 aliphatic heterocycles. The molecule has 4 heterocycles. The molecule has 1 N–H and O–H groups in total.